The van der Waals surface area contributed by atoms with Crippen molar-refractivity contribution in [1.29, 1.82) is 0 Å². The van der Waals surface area contributed by atoms with E-state index in [9.17, 15) is 0 Å². The maximum absolute atomic E-state index is 4.68. The Morgan fingerprint density at radius 3 is 1.83 bits per heavy atom. The first-order valence-corrected chi connectivity index (χ1v) is 8.44. The van der Waals surface area contributed by atoms with Crippen molar-refractivity contribution >= 4 is 12.6 Å². The first kappa shape index (κ1) is 16.4. The van der Waals surface area contributed by atoms with E-state index in [1.807, 2.05) is 0 Å². The van der Waals surface area contributed by atoms with Crippen molar-refractivity contribution in [3.8, 4) is 0 Å². The summed E-state index contributed by atoms with van der Waals surface area (Å²) in [6.45, 7) is 13.1. The molecule has 0 saturated heterocycles. The van der Waals surface area contributed by atoms with E-state index in [4.69, 9.17) is 0 Å². The molecule has 0 heterocycles. The minimum Gasteiger partial charge on any atom is -0.302 e. The highest BCUT2D eigenvalue weighted by molar-refractivity contribution is 7.80. The normalized spacial score (nSPS) is 20.0. The minimum atomic E-state index is 0.505. The van der Waals surface area contributed by atoms with Gasteiger partial charge in [-0.1, -0.05) is 47.0 Å². The fourth-order valence-corrected chi connectivity index (χ4v) is 3.80. The quantitative estimate of drug-likeness (QED) is 0.668. The van der Waals surface area contributed by atoms with Crippen LogP contribution in [-0.2, 0) is 0 Å². The second-order valence-corrected chi connectivity index (χ2v) is 7.52. The van der Waals surface area contributed by atoms with Gasteiger partial charge in [0.25, 0.3) is 0 Å². The highest BCUT2D eigenvalue weighted by atomic mass is 32.1. The molecule has 1 nitrogen and oxygen atoms in total. The second kappa shape index (κ2) is 7.79. The van der Waals surface area contributed by atoms with Crippen molar-refractivity contribution in [2.75, 3.05) is 25.4 Å². The molecule has 1 fully saturated rings. The SMILES string of the molecule is CC(C)CN(CC(C)C)CC1(CS)CCCCC1. The Balaban J connectivity index is 2.60. The van der Waals surface area contributed by atoms with E-state index < -0.39 is 0 Å². The van der Waals surface area contributed by atoms with Gasteiger partial charge in [0.1, 0.15) is 0 Å². The second-order valence-electron chi connectivity index (χ2n) is 7.20. The Morgan fingerprint density at radius 1 is 0.944 bits per heavy atom. The summed E-state index contributed by atoms with van der Waals surface area (Å²) in [4.78, 5) is 2.71. The summed E-state index contributed by atoms with van der Waals surface area (Å²) >= 11 is 4.68. The van der Waals surface area contributed by atoms with Crippen molar-refractivity contribution in [2.24, 2.45) is 17.3 Å². The number of hydrogen-bond donors (Lipinski definition) is 1. The molecule has 0 aromatic heterocycles. The molecule has 2 heteroatoms. The lowest BCUT2D eigenvalue weighted by molar-refractivity contribution is 0.107. The first-order chi connectivity index (χ1) is 8.47. The molecule has 0 amide bonds. The van der Waals surface area contributed by atoms with Crippen LogP contribution >= 0.6 is 12.6 Å². The van der Waals surface area contributed by atoms with Gasteiger partial charge in [-0.2, -0.15) is 12.6 Å². The third kappa shape index (κ3) is 5.52. The largest absolute Gasteiger partial charge is 0.302 e. The Labute approximate surface area is 120 Å². The first-order valence-electron chi connectivity index (χ1n) is 7.81. The van der Waals surface area contributed by atoms with Crippen LogP contribution in [0.5, 0.6) is 0 Å². The van der Waals surface area contributed by atoms with Crippen molar-refractivity contribution in [3.05, 3.63) is 0 Å². The summed E-state index contributed by atoms with van der Waals surface area (Å²) in [7, 11) is 0. The summed E-state index contributed by atoms with van der Waals surface area (Å²) in [6, 6.07) is 0. The lowest BCUT2D eigenvalue weighted by Gasteiger charge is -2.41. The van der Waals surface area contributed by atoms with Gasteiger partial charge in [-0.3, -0.25) is 0 Å². The van der Waals surface area contributed by atoms with Crippen molar-refractivity contribution in [1.82, 2.24) is 4.90 Å². The smallest absolute Gasteiger partial charge is 0.00460 e. The summed E-state index contributed by atoms with van der Waals surface area (Å²) in [5.74, 6) is 2.60. The lowest BCUT2D eigenvalue weighted by atomic mass is 9.75. The van der Waals surface area contributed by atoms with E-state index in [0.717, 1.165) is 17.6 Å². The molecule has 0 aromatic carbocycles. The Kier molecular flexibility index (Phi) is 7.08. The highest BCUT2D eigenvalue weighted by Crippen LogP contribution is 2.38. The average Bonchev–Trinajstić information content (AvgIpc) is 2.28. The van der Waals surface area contributed by atoms with Crippen LogP contribution in [0.25, 0.3) is 0 Å². The van der Waals surface area contributed by atoms with Gasteiger partial charge in [-0.15, -0.1) is 0 Å². The molecular weight excluding hydrogens is 238 g/mol. The highest BCUT2D eigenvalue weighted by Gasteiger charge is 2.32. The molecule has 1 aliphatic carbocycles. The van der Waals surface area contributed by atoms with Crippen LogP contribution in [-0.4, -0.2) is 30.3 Å². The topological polar surface area (TPSA) is 3.24 Å². The molecule has 0 N–H and O–H groups in total. The summed E-state index contributed by atoms with van der Waals surface area (Å²) < 4.78 is 0. The molecule has 0 atom stereocenters. The monoisotopic (exact) mass is 271 g/mol. The fourth-order valence-electron chi connectivity index (χ4n) is 3.38. The summed E-state index contributed by atoms with van der Waals surface area (Å²) in [5.41, 5.74) is 0.505. The molecule has 0 spiro atoms. The molecule has 108 valence electrons. The lowest BCUT2D eigenvalue weighted by Crippen LogP contribution is -2.43. The number of rotatable bonds is 7. The fraction of sp³-hybridized carbons (Fsp3) is 1.00. The minimum absolute atomic E-state index is 0.505. The third-order valence-electron chi connectivity index (χ3n) is 4.06. The molecule has 1 aliphatic rings. The van der Waals surface area contributed by atoms with E-state index in [0.29, 0.717) is 5.41 Å². The zero-order valence-corrected chi connectivity index (χ0v) is 13.8. The van der Waals surface area contributed by atoms with Gasteiger partial charge in [-0.05, 0) is 35.8 Å². The van der Waals surface area contributed by atoms with Gasteiger partial charge in [0.2, 0.25) is 0 Å². The number of nitrogens with zero attached hydrogens (tertiary/aromatic N) is 1. The Hall–Kier alpha value is 0.310. The van der Waals surface area contributed by atoms with Gasteiger partial charge in [-0.25, -0.2) is 0 Å². The maximum atomic E-state index is 4.68. The molecular formula is C16H33NS. The van der Waals surface area contributed by atoms with Gasteiger partial charge >= 0.3 is 0 Å². The van der Waals surface area contributed by atoms with Crippen molar-refractivity contribution in [2.45, 2.75) is 59.8 Å². The summed E-state index contributed by atoms with van der Waals surface area (Å²) in [5, 5.41) is 0. The van der Waals surface area contributed by atoms with Gasteiger partial charge in [0.05, 0.1) is 0 Å². The Morgan fingerprint density at radius 2 is 1.44 bits per heavy atom. The molecule has 1 rings (SSSR count). The van der Waals surface area contributed by atoms with Crippen LogP contribution in [0.4, 0.5) is 0 Å². The van der Waals surface area contributed by atoms with Crippen LogP contribution in [0.2, 0.25) is 0 Å². The van der Waals surface area contributed by atoms with E-state index in [1.165, 1.54) is 51.7 Å². The third-order valence-corrected chi connectivity index (χ3v) is 4.73. The molecule has 18 heavy (non-hydrogen) atoms. The molecule has 0 bridgehead atoms. The molecule has 0 aromatic rings. The number of thiol groups is 1. The van der Waals surface area contributed by atoms with Crippen LogP contribution in [0.3, 0.4) is 0 Å². The molecule has 0 radical (unpaired) electrons. The van der Waals surface area contributed by atoms with Gasteiger partial charge < -0.3 is 4.90 Å². The zero-order valence-electron chi connectivity index (χ0n) is 12.9. The van der Waals surface area contributed by atoms with Crippen molar-refractivity contribution in [3.63, 3.8) is 0 Å². The predicted molar refractivity (Wildman–Crippen MR) is 85.5 cm³/mol. The average molecular weight is 272 g/mol. The molecule has 1 saturated carbocycles. The maximum Gasteiger partial charge on any atom is 0.00460 e. The Bertz CT molecular complexity index is 209. The predicted octanol–water partition coefficient (Wildman–Crippen LogP) is 4.48. The van der Waals surface area contributed by atoms with Crippen LogP contribution in [0.15, 0.2) is 0 Å². The van der Waals surface area contributed by atoms with Crippen LogP contribution in [0.1, 0.15) is 59.8 Å². The van der Waals surface area contributed by atoms with E-state index in [-0.39, 0.29) is 0 Å². The zero-order chi connectivity index (χ0) is 13.6. The van der Waals surface area contributed by atoms with E-state index >= 15 is 0 Å². The van der Waals surface area contributed by atoms with Gasteiger partial charge in [0.15, 0.2) is 0 Å². The van der Waals surface area contributed by atoms with Crippen LogP contribution < -0.4 is 0 Å². The summed E-state index contributed by atoms with van der Waals surface area (Å²) in [6.07, 6.45) is 7.05. The van der Waals surface area contributed by atoms with E-state index in [1.54, 1.807) is 0 Å². The number of hydrogen-bond acceptors (Lipinski definition) is 2. The molecule has 0 aliphatic heterocycles. The van der Waals surface area contributed by atoms with Crippen LogP contribution in [0, 0.1) is 17.3 Å². The standard InChI is InChI=1S/C16H33NS/c1-14(2)10-17(11-15(3)4)12-16(13-18)8-6-5-7-9-16/h14-15,18H,5-13H2,1-4H3. The van der Waals surface area contributed by atoms with Crippen molar-refractivity contribution < 1.29 is 0 Å². The van der Waals surface area contributed by atoms with Gasteiger partial charge in [0, 0.05) is 19.6 Å². The van der Waals surface area contributed by atoms with E-state index in [2.05, 4.69) is 45.2 Å². The molecule has 0 unspecified atom stereocenters.